The number of fused-ring (bicyclic) bond motifs is 3. The van der Waals surface area contributed by atoms with E-state index in [0.717, 1.165) is 12.3 Å². The molecule has 3 aromatic rings. The second-order valence-corrected chi connectivity index (χ2v) is 5.25. The molecule has 0 unspecified atom stereocenters. The molecule has 0 radical (unpaired) electrons. The highest BCUT2D eigenvalue weighted by Gasteiger charge is 2.26. The molecular formula is C17H15N2+. The standard InChI is InChI=1S/C17H15N2/c1-12-10-17(18-11-12)19-15-8-4-2-6-13(15)14-7-3-5-9-16(14)19/h2-9,11-12H,10H2,1H3/q+1/t12-/m0/s1. The fourth-order valence-corrected chi connectivity index (χ4v) is 2.96. The first-order chi connectivity index (χ1) is 9.34. The van der Waals surface area contributed by atoms with Gasteiger partial charge in [-0.3, -0.25) is 0 Å². The number of nitrogens with zero attached hydrogens (tertiary/aromatic N) is 2. The van der Waals surface area contributed by atoms with E-state index < -0.39 is 0 Å². The summed E-state index contributed by atoms with van der Waals surface area (Å²) in [5.74, 6) is 1.69. The zero-order chi connectivity index (χ0) is 12.8. The van der Waals surface area contributed by atoms with Crippen LogP contribution in [0.2, 0.25) is 0 Å². The van der Waals surface area contributed by atoms with Crippen LogP contribution in [-0.2, 0) is 0 Å². The molecule has 2 nitrogen and oxygen atoms in total. The molecule has 2 aromatic carbocycles. The third kappa shape index (κ3) is 1.47. The lowest BCUT2D eigenvalue weighted by atomic mass is 10.1. The molecule has 0 amide bonds. The maximum absolute atomic E-state index is 4.61. The van der Waals surface area contributed by atoms with Gasteiger partial charge in [-0.05, 0) is 24.3 Å². The molecule has 0 spiro atoms. The van der Waals surface area contributed by atoms with Crippen molar-refractivity contribution in [3.05, 3.63) is 48.5 Å². The zero-order valence-corrected chi connectivity index (χ0v) is 10.9. The van der Waals surface area contributed by atoms with Gasteiger partial charge in [0.2, 0.25) is 0 Å². The number of hydrogen-bond donors (Lipinski definition) is 0. The fraction of sp³-hybridized carbons (Fsp3) is 0.176. The Kier molecular flexibility index (Phi) is 2.14. The van der Waals surface area contributed by atoms with Crippen molar-refractivity contribution in [2.75, 3.05) is 0 Å². The summed E-state index contributed by atoms with van der Waals surface area (Å²) in [7, 11) is 0. The molecule has 1 atom stereocenters. The van der Waals surface area contributed by atoms with Crippen molar-refractivity contribution in [1.82, 2.24) is 9.24 Å². The molecule has 19 heavy (non-hydrogen) atoms. The van der Waals surface area contributed by atoms with Crippen LogP contribution in [0.3, 0.4) is 0 Å². The lowest BCUT2D eigenvalue weighted by molar-refractivity contribution is 0.843. The summed E-state index contributed by atoms with van der Waals surface area (Å²) in [5.41, 5.74) is 2.51. The van der Waals surface area contributed by atoms with Crippen LogP contribution in [-0.4, -0.2) is 16.6 Å². The van der Waals surface area contributed by atoms with Crippen LogP contribution in [0, 0.1) is 5.92 Å². The van der Waals surface area contributed by atoms with Gasteiger partial charge < -0.3 is 0 Å². The van der Waals surface area contributed by atoms with Crippen LogP contribution in [0.5, 0.6) is 0 Å². The topological polar surface area (TPSA) is 19.0 Å². The van der Waals surface area contributed by atoms with Crippen molar-refractivity contribution < 1.29 is 0 Å². The summed E-state index contributed by atoms with van der Waals surface area (Å²) in [6, 6.07) is 17.1. The Morgan fingerprint density at radius 2 is 1.53 bits per heavy atom. The largest absolute Gasteiger partial charge is 0.355 e. The Bertz CT molecular complexity index is 795. The number of benzene rings is 2. The third-order valence-corrected chi connectivity index (χ3v) is 3.82. The van der Waals surface area contributed by atoms with Crippen LogP contribution in [0.25, 0.3) is 21.8 Å². The van der Waals surface area contributed by atoms with E-state index in [1.165, 1.54) is 21.8 Å². The second-order valence-electron chi connectivity index (χ2n) is 5.25. The van der Waals surface area contributed by atoms with Gasteiger partial charge in [-0.15, -0.1) is 0 Å². The Morgan fingerprint density at radius 3 is 2.05 bits per heavy atom. The van der Waals surface area contributed by atoms with E-state index in [4.69, 9.17) is 0 Å². The van der Waals surface area contributed by atoms with E-state index in [1.807, 2.05) is 0 Å². The van der Waals surface area contributed by atoms with Gasteiger partial charge in [-0.1, -0.05) is 31.2 Å². The van der Waals surface area contributed by atoms with Gasteiger partial charge in [0, 0.05) is 16.7 Å². The first-order valence-electron chi connectivity index (χ1n) is 6.73. The number of rotatable bonds is 0. The number of hydrogen-bond acceptors (Lipinski definition) is 0. The summed E-state index contributed by atoms with van der Waals surface area (Å²) in [4.78, 5) is 0. The van der Waals surface area contributed by atoms with Crippen LogP contribution >= 0.6 is 0 Å². The predicted molar refractivity (Wildman–Crippen MR) is 81.8 cm³/mol. The Labute approximate surface area is 111 Å². The maximum atomic E-state index is 4.61. The molecule has 1 aliphatic heterocycles. The van der Waals surface area contributed by atoms with Gasteiger partial charge in [0.05, 0.1) is 6.42 Å². The second kappa shape index (κ2) is 3.84. The van der Waals surface area contributed by atoms with Crippen LogP contribution in [0.1, 0.15) is 13.3 Å². The van der Waals surface area contributed by atoms with E-state index in [9.17, 15) is 0 Å². The van der Waals surface area contributed by atoms with E-state index in [0.29, 0.717) is 5.92 Å². The van der Waals surface area contributed by atoms with Gasteiger partial charge >= 0.3 is 5.84 Å². The maximum Gasteiger partial charge on any atom is 0.355 e. The number of aromatic nitrogens is 1. The van der Waals surface area contributed by atoms with Gasteiger partial charge in [0.25, 0.3) is 0 Å². The molecular weight excluding hydrogens is 232 g/mol. The minimum absolute atomic E-state index is 0.537. The number of para-hydroxylation sites is 2. The summed E-state index contributed by atoms with van der Waals surface area (Å²) >= 11 is 0. The summed E-state index contributed by atoms with van der Waals surface area (Å²) in [6.45, 7) is 2.21. The van der Waals surface area contributed by atoms with Crippen LogP contribution in [0.15, 0.2) is 48.5 Å². The monoisotopic (exact) mass is 247 g/mol. The third-order valence-electron chi connectivity index (χ3n) is 3.82. The normalized spacial score (nSPS) is 18.4. The molecule has 2 heterocycles. The first-order valence-corrected chi connectivity index (χ1v) is 6.73. The quantitative estimate of drug-likeness (QED) is 0.543. The van der Waals surface area contributed by atoms with Gasteiger partial charge in [0.15, 0.2) is 6.21 Å². The molecule has 0 saturated carbocycles. The summed E-state index contributed by atoms with van der Waals surface area (Å²) < 4.78 is 6.92. The average Bonchev–Trinajstić information content (AvgIpc) is 3.00. The SMILES string of the molecule is C[C@@H]1C=[N+]=C(n2c3ccccc3c3ccccc32)C1. The minimum atomic E-state index is 0.537. The highest BCUT2D eigenvalue weighted by atomic mass is 15.1. The summed E-state index contributed by atoms with van der Waals surface area (Å²) in [6.07, 6.45) is 3.07. The van der Waals surface area contributed by atoms with E-state index in [-0.39, 0.29) is 0 Å². The van der Waals surface area contributed by atoms with Crippen molar-refractivity contribution >= 4 is 33.9 Å². The molecule has 92 valence electrons. The first kappa shape index (κ1) is 10.6. The predicted octanol–water partition coefficient (Wildman–Crippen LogP) is 3.22. The van der Waals surface area contributed by atoms with Crippen molar-refractivity contribution in [3.63, 3.8) is 0 Å². The van der Waals surface area contributed by atoms with Crippen molar-refractivity contribution in [2.45, 2.75) is 13.3 Å². The van der Waals surface area contributed by atoms with Crippen molar-refractivity contribution in [1.29, 1.82) is 0 Å². The Balaban J connectivity index is 2.15. The summed E-state index contributed by atoms with van der Waals surface area (Å²) in [5, 5.41) is 2.61. The van der Waals surface area contributed by atoms with Crippen LogP contribution < -0.4 is 4.67 Å². The molecule has 0 fully saturated rings. The molecule has 0 saturated heterocycles. The van der Waals surface area contributed by atoms with Crippen molar-refractivity contribution in [2.24, 2.45) is 5.92 Å². The molecule has 0 N–H and O–H groups in total. The van der Waals surface area contributed by atoms with Gasteiger partial charge in [-0.25, -0.2) is 4.67 Å². The van der Waals surface area contributed by atoms with Gasteiger partial charge in [0.1, 0.15) is 11.0 Å². The highest BCUT2D eigenvalue weighted by molar-refractivity contribution is 6.14. The van der Waals surface area contributed by atoms with E-state index in [1.54, 1.807) is 0 Å². The molecule has 1 aromatic heterocycles. The highest BCUT2D eigenvalue weighted by Crippen LogP contribution is 2.29. The molecule has 0 aliphatic carbocycles. The Morgan fingerprint density at radius 1 is 0.947 bits per heavy atom. The molecule has 4 rings (SSSR count). The lowest BCUT2D eigenvalue weighted by Gasteiger charge is -1.97. The molecule has 0 bridgehead atoms. The zero-order valence-electron chi connectivity index (χ0n) is 10.9. The Hall–Kier alpha value is -2.31. The molecule has 2 heteroatoms. The minimum Gasteiger partial charge on any atom is -0.220 e. The van der Waals surface area contributed by atoms with Gasteiger partial charge in [-0.2, -0.15) is 4.57 Å². The molecule has 1 aliphatic rings. The fourth-order valence-electron chi connectivity index (χ4n) is 2.96. The average molecular weight is 247 g/mol. The van der Waals surface area contributed by atoms with Crippen LogP contribution in [0.4, 0.5) is 0 Å². The van der Waals surface area contributed by atoms with Crippen molar-refractivity contribution in [3.8, 4) is 0 Å². The lowest BCUT2D eigenvalue weighted by Crippen LogP contribution is -2.12. The van der Waals surface area contributed by atoms with E-state index >= 15 is 0 Å². The van der Waals surface area contributed by atoms with E-state index in [2.05, 4.69) is 70.9 Å². The smallest absolute Gasteiger partial charge is 0.220 e.